The Hall–Kier alpha value is -0.870. The highest BCUT2D eigenvalue weighted by molar-refractivity contribution is 9.10. The lowest BCUT2D eigenvalue weighted by Crippen LogP contribution is -2.32. The fourth-order valence-electron chi connectivity index (χ4n) is 1.98. The molecule has 0 radical (unpaired) electrons. The number of halogens is 1. The van der Waals surface area contributed by atoms with Crippen molar-refractivity contribution >= 4 is 21.8 Å². The predicted molar refractivity (Wildman–Crippen MR) is 67.1 cm³/mol. The summed E-state index contributed by atoms with van der Waals surface area (Å²) in [4.78, 5) is 13.6. The Morgan fingerprint density at radius 1 is 1.50 bits per heavy atom. The highest BCUT2D eigenvalue weighted by atomic mass is 79.9. The van der Waals surface area contributed by atoms with E-state index in [4.69, 9.17) is 0 Å². The van der Waals surface area contributed by atoms with Gasteiger partial charge in [-0.15, -0.1) is 0 Å². The van der Waals surface area contributed by atoms with Crippen LogP contribution in [0.4, 0.5) is 0 Å². The molecule has 2 rings (SSSR count). The van der Waals surface area contributed by atoms with Crippen molar-refractivity contribution in [1.82, 2.24) is 10.2 Å². The van der Waals surface area contributed by atoms with Crippen LogP contribution in [-0.4, -0.2) is 30.9 Å². The predicted octanol–water partition coefficient (Wildman–Crippen LogP) is 1.94. The molecular formula is C12H15BrN2O. The maximum absolute atomic E-state index is 11.8. The summed E-state index contributed by atoms with van der Waals surface area (Å²) in [6, 6.07) is 8.26. The van der Waals surface area contributed by atoms with Crippen LogP contribution >= 0.6 is 15.9 Å². The van der Waals surface area contributed by atoms with Gasteiger partial charge < -0.3 is 10.2 Å². The maximum Gasteiger partial charge on any atom is 0.224 e. The highest BCUT2D eigenvalue weighted by Crippen LogP contribution is 2.23. The van der Waals surface area contributed by atoms with Gasteiger partial charge in [0.15, 0.2) is 0 Å². The number of carbonyl (C=O) groups is 1. The number of benzene rings is 1. The van der Waals surface area contributed by atoms with Crippen LogP contribution in [0, 0.1) is 0 Å². The molecule has 1 saturated heterocycles. The molecule has 0 saturated carbocycles. The second kappa shape index (κ2) is 4.97. The van der Waals surface area contributed by atoms with E-state index in [1.165, 1.54) is 5.56 Å². The van der Waals surface area contributed by atoms with Crippen LogP contribution in [0.3, 0.4) is 0 Å². The van der Waals surface area contributed by atoms with Gasteiger partial charge in [-0.3, -0.25) is 4.79 Å². The Morgan fingerprint density at radius 2 is 2.31 bits per heavy atom. The number of nitrogens with zero attached hydrogens (tertiary/aromatic N) is 1. The fraction of sp³-hybridized carbons (Fsp3) is 0.417. The molecule has 0 bridgehead atoms. The molecule has 1 fully saturated rings. The Kier molecular flexibility index (Phi) is 3.61. The van der Waals surface area contributed by atoms with Crippen LogP contribution in [0.15, 0.2) is 28.7 Å². The van der Waals surface area contributed by atoms with Crippen molar-refractivity contribution in [1.29, 1.82) is 0 Å². The summed E-state index contributed by atoms with van der Waals surface area (Å²) >= 11 is 3.46. The van der Waals surface area contributed by atoms with Gasteiger partial charge in [-0.1, -0.05) is 28.1 Å². The quantitative estimate of drug-likeness (QED) is 0.854. The summed E-state index contributed by atoms with van der Waals surface area (Å²) in [5.74, 6) is 0.204. The zero-order chi connectivity index (χ0) is 11.5. The SMILES string of the molecule is CN1C(=O)CCNCC1c1cccc(Br)c1. The number of nitrogens with one attached hydrogen (secondary N) is 1. The van der Waals surface area contributed by atoms with E-state index in [9.17, 15) is 4.79 Å². The molecule has 1 aromatic carbocycles. The molecule has 1 aliphatic heterocycles. The minimum absolute atomic E-state index is 0.132. The first-order valence-corrected chi connectivity index (χ1v) is 6.19. The number of rotatable bonds is 1. The van der Waals surface area contributed by atoms with Crippen molar-refractivity contribution in [3.8, 4) is 0 Å². The van der Waals surface area contributed by atoms with Gasteiger partial charge >= 0.3 is 0 Å². The minimum atomic E-state index is 0.132. The normalized spacial score (nSPS) is 22.0. The highest BCUT2D eigenvalue weighted by Gasteiger charge is 2.23. The third-order valence-electron chi connectivity index (χ3n) is 2.95. The van der Waals surface area contributed by atoms with Gasteiger partial charge in [0.2, 0.25) is 5.91 Å². The van der Waals surface area contributed by atoms with Gasteiger partial charge in [0.1, 0.15) is 0 Å². The minimum Gasteiger partial charge on any atom is -0.337 e. The van der Waals surface area contributed by atoms with Gasteiger partial charge in [-0.25, -0.2) is 0 Å². The summed E-state index contributed by atoms with van der Waals surface area (Å²) in [6.45, 7) is 1.59. The third-order valence-corrected chi connectivity index (χ3v) is 3.44. The molecule has 0 spiro atoms. The maximum atomic E-state index is 11.8. The summed E-state index contributed by atoms with van der Waals surface area (Å²) in [7, 11) is 1.88. The van der Waals surface area contributed by atoms with Gasteiger partial charge in [0.05, 0.1) is 6.04 Å². The molecular weight excluding hydrogens is 268 g/mol. The summed E-state index contributed by atoms with van der Waals surface area (Å²) < 4.78 is 1.05. The Morgan fingerprint density at radius 3 is 3.06 bits per heavy atom. The van der Waals surface area contributed by atoms with Crippen LogP contribution in [-0.2, 0) is 4.79 Å². The Balaban J connectivity index is 2.27. The van der Waals surface area contributed by atoms with Gasteiger partial charge in [0, 0.05) is 31.0 Å². The molecule has 1 atom stereocenters. The van der Waals surface area contributed by atoms with E-state index in [1.54, 1.807) is 0 Å². The molecule has 1 aromatic rings. The van der Waals surface area contributed by atoms with Crippen LogP contribution < -0.4 is 5.32 Å². The van der Waals surface area contributed by atoms with Gasteiger partial charge in [-0.05, 0) is 17.7 Å². The van der Waals surface area contributed by atoms with Crippen molar-refractivity contribution in [2.24, 2.45) is 0 Å². The summed E-state index contributed by atoms with van der Waals surface area (Å²) in [5.41, 5.74) is 1.17. The zero-order valence-corrected chi connectivity index (χ0v) is 10.8. The van der Waals surface area contributed by atoms with Crippen molar-refractivity contribution in [2.75, 3.05) is 20.1 Å². The average Bonchev–Trinajstić information content (AvgIpc) is 2.42. The average molecular weight is 283 g/mol. The van der Waals surface area contributed by atoms with Gasteiger partial charge in [0.25, 0.3) is 0 Å². The standard InChI is InChI=1S/C12H15BrN2O/c1-15-11(8-14-6-5-12(15)16)9-3-2-4-10(13)7-9/h2-4,7,11,14H,5-6,8H2,1H3. The van der Waals surface area contributed by atoms with E-state index in [1.807, 2.05) is 24.1 Å². The van der Waals surface area contributed by atoms with Crippen LogP contribution in [0.2, 0.25) is 0 Å². The van der Waals surface area contributed by atoms with E-state index in [-0.39, 0.29) is 11.9 Å². The van der Waals surface area contributed by atoms with Gasteiger partial charge in [-0.2, -0.15) is 0 Å². The molecule has 0 aromatic heterocycles. The van der Waals surface area contributed by atoms with Crippen molar-refractivity contribution in [3.63, 3.8) is 0 Å². The van der Waals surface area contributed by atoms with E-state index in [0.717, 1.165) is 17.6 Å². The number of hydrogen-bond donors (Lipinski definition) is 1. The Labute approximate surface area is 104 Å². The molecule has 86 valence electrons. The zero-order valence-electron chi connectivity index (χ0n) is 9.24. The summed E-state index contributed by atoms with van der Waals surface area (Å²) in [5, 5.41) is 3.30. The fourth-order valence-corrected chi connectivity index (χ4v) is 2.39. The number of likely N-dealkylation sites (N-methyl/N-ethyl adjacent to an activating group) is 1. The first-order valence-electron chi connectivity index (χ1n) is 5.40. The van der Waals surface area contributed by atoms with E-state index < -0.39 is 0 Å². The van der Waals surface area contributed by atoms with Crippen LogP contribution in [0.25, 0.3) is 0 Å². The van der Waals surface area contributed by atoms with Crippen molar-refractivity contribution < 1.29 is 4.79 Å². The molecule has 4 heteroatoms. The van der Waals surface area contributed by atoms with Crippen LogP contribution in [0.1, 0.15) is 18.0 Å². The smallest absolute Gasteiger partial charge is 0.224 e. The number of hydrogen-bond acceptors (Lipinski definition) is 2. The number of amides is 1. The lowest BCUT2D eigenvalue weighted by Gasteiger charge is -2.26. The Bertz CT molecular complexity index is 394. The summed E-state index contributed by atoms with van der Waals surface area (Å²) in [6.07, 6.45) is 0.584. The molecule has 1 aliphatic rings. The van der Waals surface area contributed by atoms with E-state index in [2.05, 4.69) is 33.4 Å². The molecule has 1 heterocycles. The molecule has 16 heavy (non-hydrogen) atoms. The second-order valence-electron chi connectivity index (χ2n) is 4.03. The van der Waals surface area contributed by atoms with Crippen molar-refractivity contribution in [2.45, 2.75) is 12.5 Å². The molecule has 0 aliphatic carbocycles. The van der Waals surface area contributed by atoms with E-state index in [0.29, 0.717) is 6.42 Å². The third kappa shape index (κ3) is 2.44. The monoisotopic (exact) mass is 282 g/mol. The lowest BCUT2D eigenvalue weighted by molar-refractivity contribution is -0.131. The molecule has 1 N–H and O–H groups in total. The molecule has 3 nitrogen and oxygen atoms in total. The molecule has 1 unspecified atom stereocenters. The topological polar surface area (TPSA) is 32.3 Å². The van der Waals surface area contributed by atoms with Crippen molar-refractivity contribution in [3.05, 3.63) is 34.3 Å². The largest absolute Gasteiger partial charge is 0.337 e. The number of carbonyl (C=O) groups excluding carboxylic acids is 1. The van der Waals surface area contributed by atoms with E-state index >= 15 is 0 Å². The second-order valence-corrected chi connectivity index (χ2v) is 4.95. The first kappa shape index (κ1) is 11.6. The van der Waals surface area contributed by atoms with Crippen LogP contribution in [0.5, 0.6) is 0 Å². The lowest BCUT2D eigenvalue weighted by atomic mass is 10.1. The first-order chi connectivity index (χ1) is 7.68. The molecule has 1 amide bonds.